The van der Waals surface area contributed by atoms with Gasteiger partial charge in [0.15, 0.2) is 5.82 Å². The normalized spacial score (nSPS) is 12.1. The summed E-state index contributed by atoms with van der Waals surface area (Å²) in [6.45, 7) is 1.56. The molecule has 0 atom stereocenters. The van der Waals surface area contributed by atoms with Gasteiger partial charge in [0.25, 0.3) is 0 Å². The molecular weight excluding hydrogens is 404 g/mol. The number of nitrogens with one attached hydrogen (secondary N) is 3. The van der Waals surface area contributed by atoms with Gasteiger partial charge in [0, 0.05) is 19.3 Å². The Morgan fingerprint density at radius 2 is 1.69 bits per heavy atom. The van der Waals surface area contributed by atoms with E-state index >= 15 is 0 Å². The van der Waals surface area contributed by atoms with Crippen LogP contribution in [-0.4, -0.2) is 32.5 Å². The molecule has 2 aromatic carbocycles. The summed E-state index contributed by atoms with van der Waals surface area (Å²) in [7, 11) is 1.88. The largest absolute Gasteiger partial charge is 0.388 e. The number of imidazole rings is 2. The van der Waals surface area contributed by atoms with Gasteiger partial charge >= 0.3 is 5.69 Å². The molecule has 0 saturated carbocycles. The third-order valence-electron chi connectivity index (χ3n) is 5.61. The van der Waals surface area contributed by atoms with E-state index in [2.05, 4.69) is 37.7 Å². The van der Waals surface area contributed by atoms with Crippen molar-refractivity contribution in [1.82, 2.24) is 19.1 Å². The number of H-pyrrole nitrogens is 1. The molecule has 2 aromatic heterocycles. The molecule has 0 bridgehead atoms. The number of nitrogens with zero attached hydrogens (tertiary/aromatic N) is 4. The number of rotatable bonds is 6. The molecule has 4 aromatic rings. The van der Waals surface area contributed by atoms with Gasteiger partial charge in [0.2, 0.25) is 0 Å². The number of aromatic amines is 1. The minimum Gasteiger partial charge on any atom is -0.388 e. The highest BCUT2D eigenvalue weighted by atomic mass is 16.1. The topological polar surface area (TPSA) is 118 Å². The van der Waals surface area contributed by atoms with Gasteiger partial charge in [-0.05, 0) is 28.8 Å². The first kappa shape index (κ1) is 19.8. The first-order valence-electron chi connectivity index (χ1n) is 10.4. The van der Waals surface area contributed by atoms with Gasteiger partial charge < -0.3 is 25.9 Å². The standard InChI is InChI=1S/C23H24N8O/c1-25-18-8-6-17(7-9-18)12-31-22-20(29-23(31)32)19-21(26-13-27-22)30(14-28-19)11-16-4-2-15(10-24)3-5-16/h2-9,13-14,25H,10-12,24H2,1H3,(H,26,27)(H,29,32). The van der Waals surface area contributed by atoms with Crippen LogP contribution in [0.2, 0.25) is 0 Å². The molecule has 0 spiro atoms. The van der Waals surface area contributed by atoms with Gasteiger partial charge in [0.05, 0.1) is 25.8 Å². The molecular formula is C23H24N8O. The Morgan fingerprint density at radius 1 is 1.00 bits per heavy atom. The Bertz CT molecular complexity index is 1330. The van der Waals surface area contributed by atoms with E-state index in [1.165, 1.54) is 0 Å². The van der Waals surface area contributed by atoms with Crippen LogP contribution >= 0.6 is 0 Å². The van der Waals surface area contributed by atoms with Crippen molar-refractivity contribution >= 4 is 23.7 Å². The minimum absolute atomic E-state index is 0.201. The van der Waals surface area contributed by atoms with E-state index in [9.17, 15) is 4.79 Å². The quantitative estimate of drug-likeness (QED) is 0.377. The van der Waals surface area contributed by atoms with E-state index in [0.29, 0.717) is 42.7 Å². The summed E-state index contributed by atoms with van der Waals surface area (Å²) in [5.74, 6) is 1.33. The molecule has 0 unspecified atom stereocenters. The van der Waals surface area contributed by atoms with E-state index < -0.39 is 0 Å². The number of hydrogen-bond acceptors (Lipinski definition) is 6. The van der Waals surface area contributed by atoms with Crippen molar-refractivity contribution in [3.63, 3.8) is 0 Å². The molecule has 0 amide bonds. The fraction of sp³-hybridized carbons (Fsp3) is 0.174. The third kappa shape index (κ3) is 3.58. The monoisotopic (exact) mass is 428 g/mol. The maximum absolute atomic E-state index is 12.8. The van der Waals surface area contributed by atoms with Crippen molar-refractivity contribution < 1.29 is 0 Å². The second-order valence-corrected chi connectivity index (χ2v) is 7.65. The SMILES string of the molecule is CNc1ccc(Cn2c3c([nH]c2=O)-c2ncn(Cc4ccc(CN)cc4)c2N=CN3)cc1. The summed E-state index contributed by atoms with van der Waals surface area (Å²) >= 11 is 0. The number of nitrogens with two attached hydrogens (primary N) is 1. The molecule has 0 saturated heterocycles. The first-order chi connectivity index (χ1) is 15.7. The first-order valence-corrected chi connectivity index (χ1v) is 10.4. The van der Waals surface area contributed by atoms with Crippen molar-refractivity contribution in [1.29, 1.82) is 0 Å². The zero-order valence-corrected chi connectivity index (χ0v) is 17.7. The second-order valence-electron chi connectivity index (χ2n) is 7.65. The number of benzene rings is 2. The van der Waals surface area contributed by atoms with Crippen LogP contribution in [0, 0.1) is 0 Å². The van der Waals surface area contributed by atoms with Gasteiger partial charge in [-0.25, -0.2) is 14.8 Å². The highest BCUT2D eigenvalue weighted by molar-refractivity contribution is 5.90. The Balaban J connectivity index is 1.47. The Hall–Kier alpha value is -4.11. The Kier molecular flexibility index (Phi) is 5.08. The molecule has 0 fully saturated rings. The highest BCUT2D eigenvalue weighted by Gasteiger charge is 2.23. The molecule has 0 radical (unpaired) electrons. The Morgan fingerprint density at radius 3 is 2.41 bits per heavy atom. The number of fused-ring (bicyclic) bond motifs is 3. The van der Waals surface area contributed by atoms with E-state index in [0.717, 1.165) is 22.4 Å². The molecule has 5 N–H and O–H groups in total. The van der Waals surface area contributed by atoms with Crippen LogP contribution in [0.25, 0.3) is 11.4 Å². The maximum Gasteiger partial charge on any atom is 0.327 e. The fourth-order valence-corrected chi connectivity index (χ4v) is 3.84. The molecule has 5 rings (SSSR count). The van der Waals surface area contributed by atoms with E-state index in [1.54, 1.807) is 17.2 Å². The predicted octanol–water partition coefficient (Wildman–Crippen LogP) is 2.72. The minimum atomic E-state index is -0.201. The third-order valence-corrected chi connectivity index (χ3v) is 5.61. The summed E-state index contributed by atoms with van der Waals surface area (Å²) < 4.78 is 3.63. The van der Waals surface area contributed by atoms with E-state index in [-0.39, 0.29) is 5.69 Å². The number of aromatic nitrogens is 4. The molecule has 32 heavy (non-hydrogen) atoms. The van der Waals surface area contributed by atoms with Crippen molar-refractivity contribution in [2.24, 2.45) is 10.7 Å². The van der Waals surface area contributed by atoms with Gasteiger partial charge in [-0.15, -0.1) is 0 Å². The average molecular weight is 429 g/mol. The van der Waals surface area contributed by atoms with Crippen LogP contribution in [0.15, 0.2) is 64.6 Å². The Labute approximate surface area is 184 Å². The zero-order chi connectivity index (χ0) is 22.1. The smallest absolute Gasteiger partial charge is 0.327 e. The highest BCUT2D eigenvalue weighted by Crippen LogP contribution is 2.34. The molecule has 162 valence electrons. The summed E-state index contributed by atoms with van der Waals surface area (Å²) in [6, 6.07) is 16.1. The van der Waals surface area contributed by atoms with Crippen LogP contribution < -0.4 is 22.1 Å². The molecule has 1 aliphatic rings. The summed E-state index contributed by atoms with van der Waals surface area (Å²) in [5, 5.41) is 6.26. The van der Waals surface area contributed by atoms with Crippen molar-refractivity contribution in [2.45, 2.75) is 19.6 Å². The molecule has 9 nitrogen and oxygen atoms in total. The average Bonchev–Trinajstić information content (AvgIpc) is 3.29. The summed E-state index contributed by atoms with van der Waals surface area (Å²) in [4.78, 5) is 24.9. The van der Waals surface area contributed by atoms with Gasteiger partial charge in [-0.3, -0.25) is 4.57 Å². The van der Waals surface area contributed by atoms with E-state index in [1.807, 2.05) is 48.0 Å². The summed E-state index contributed by atoms with van der Waals surface area (Å²) in [5.41, 5.74) is 11.0. The lowest BCUT2D eigenvalue weighted by molar-refractivity contribution is 0.771. The van der Waals surface area contributed by atoms with Crippen molar-refractivity contribution in [2.75, 3.05) is 17.7 Å². The number of hydrogen-bond donors (Lipinski definition) is 4. The van der Waals surface area contributed by atoms with Gasteiger partial charge in [-0.2, -0.15) is 0 Å². The van der Waals surface area contributed by atoms with Crippen LogP contribution in [0.5, 0.6) is 0 Å². The lowest BCUT2D eigenvalue weighted by Gasteiger charge is -2.08. The van der Waals surface area contributed by atoms with Crippen LogP contribution in [-0.2, 0) is 19.6 Å². The number of anilines is 2. The van der Waals surface area contributed by atoms with E-state index in [4.69, 9.17) is 5.73 Å². The zero-order valence-electron chi connectivity index (χ0n) is 17.7. The molecule has 0 aliphatic carbocycles. The lowest BCUT2D eigenvalue weighted by Crippen LogP contribution is -2.19. The fourth-order valence-electron chi connectivity index (χ4n) is 3.84. The van der Waals surface area contributed by atoms with Crippen molar-refractivity contribution in [3.8, 4) is 11.4 Å². The van der Waals surface area contributed by atoms with Crippen LogP contribution in [0.4, 0.5) is 17.3 Å². The maximum atomic E-state index is 12.8. The van der Waals surface area contributed by atoms with Crippen LogP contribution in [0.3, 0.4) is 0 Å². The lowest BCUT2D eigenvalue weighted by atomic mass is 10.1. The summed E-state index contributed by atoms with van der Waals surface area (Å²) in [6.07, 6.45) is 3.36. The van der Waals surface area contributed by atoms with Crippen molar-refractivity contribution in [3.05, 3.63) is 82.0 Å². The molecule has 9 heteroatoms. The molecule has 1 aliphatic heterocycles. The van der Waals surface area contributed by atoms with Gasteiger partial charge in [0.1, 0.15) is 17.2 Å². The number of aliphatic imine (C=N–C) groups is 1. The molecule has 3 heterocycles. The van der Waals surface area contributed by atoms with Crippen LogP contribution in [0.1, 0.15) is 16.7 Å². The second kappa shape index (κ2) is 8.20. The predicted molar refractivity (Wildman–Crippen MR) is 127 cm³/mol. The van der Waals surface area contributed by atoms with Gasteiger partial charge in [-0.1, -0.05) is 36.4 Å².